The van der Waals surface area contributed by atoms with Crippen LogP contribution in [-0.4, -0.2) is 19.2 Å². The third-order valence-corrected chi connectivity index (χ3v) is 6.04. The Morgan fingerprint density at radius 2 is 1.76 bits per heavy atom. The quantitative estimate of drug-likeness (QED) is 0.205. The number of fused-ring (bicyclic) bond motifs is 1. The predicted molar refractivity (Wildman–Crippen MR) is 140 cm³/mol. The zero-order valence-electron chi connectivity index (χ0n) is 21.0. The van der Waals surface area contributed by atoms with Crippen LogP contribution in [0.4, 0.5) is 0 Å². The average molecular weight is 499 g/mol. The number of carbonyl (C=O) groups is 1. The summed E-state index contributed by atoms with van der Waals surface area (Å²) in [4.78, 5) is 12.8. The summed E-state index contributed by atoms with van der Waals surface area (Å²) < 4.78 is 22.8. The van der Waals surface area contributed by atoms with Gasteiger partial charge >= 0.3 is 5.97 Å². The highest BCUT2D eigenvalue weighted by atomic mass is 16.5. The molecule has 0 spiro atoms. The summed E-state index contributed by atoms with van der Waals surface area (Å²) in [5, 5.41) is 9.84. The van der Waals surface area contributed by atoms with Gasteiger partial charge in [-0.2, -0.15) is 5.26 Å². The number of carbonyl (C=O) groups excluding carboxylic acids is 1. The topological polar surface area (TPSA) is 104 Å². The lowest BCUT2D eigenvalue weighted by molar-refractivity contribution is 0.0730. The van der Waals surface area contributed by atoms with Gasteiger partial charge < -0.3 is 24.7 Å². The van der Waals surface area contributed by atoms with Crippen molar-refractivity contribution < 1.29 is 23.7 Å². The fourth-order valence-corrected chi connectivity index (χ4v) is 4.22. The standard InChI is InChI=1S/C30H30N2O5/c1-3-5-8-17-35-21-13-11-20(12-14-21)28-23-16-15-22(18-27(23)37-29(32)25(28)19-31)36-30(33)24-9-6-7-10-26(24)34-4-2/h6-7,9-16,18,28H,3-5,8,17,32H2,1-2H3. The van der Waals surface area contributed by atoms with E-state index in [0.717, 1.165) is 36.1 Å². The molecule has 3 aromatic rings. The number of para-hydroxylation sites is 1. The first kappa shape index (κ1) is 25.6. The van der Waals surface area contributed by atoms with Crippen molar-refractivity contribution in [3.63, 3.8) is 0 Å². The molecule has 0 fully saturated rings. The first-order chi connectivity index (χ1) is 18.0. The van der Waals surface area contributed by atoms with Gasteiger partial charge in [-0.25, -0.2) is 4.79 Å². The maximum Gasteiger partial charge on any atom is 0.347 e. The number of esters is 1. The Morgan fingerprint density at radius 3 is 2.49 bits per heavy atom. The van der Waals surface area contributed by atoms with Crippen LogP contribution in [-0.2, 0) is 0 Å². The van der Waals surface area contributed by atoms with Gasteiger partial charge in [0.2, 0.25) is 5.88 Å². The second-order valence-electron chi connectivity index (χ2n) is 8.57. The van der Waals surface area contributed by atoms with Gasteiger partial charge in [0, 0.05) is 11.6 Å². The van der Waals surface area contributed by atoms with E-state index in [1.54, 1.807) is 42.5 Å². The van der Waals surface area contributed by atoms with E-state index >= 15 is 0 Å². The summed E-state index contributed by atoms with van der Waals surface area (Å²) in [6.45, 7) is 5.10. The molecule has 0 aromatic heterocycles. The first-order valence-electron chi connectivity index (χ1n) is 12.4. The Morgan fingerprint density at radius 1 is 1.00 bits per heavy atom. The van der Waals surface area contributed by atoms with Gasteiger partial charge in [0.15, 0.2) is 0 Å². The number of unbranched alkanes of at least 4 members (excludes halogenated alkanes) is 2. The van der Waals surface area contributed by atoms with Crippen LogP contribution in [0.5, 0.6) is 23.0 Å². The fourth-order valence-electron chi connectivity index (χ4n) is 4.22. The molecular weight excluding hydrogens is 468 g/mol. The number of hydrogen-bond acceptors (Lipinski definition) is 7. The minimum atomic E-state index is -0.549. The number of nitrogens with two attached hydrogens (primary N) is 1. The lowest BCUT2D eigenvalue weighted by Gasteiger charge is -2.27. The molecule has 0 amide bonds. The highest BCUT2D eigenvalue weighted by molar-refractivity contribution is 5.94. The predicted octanol–water partition coefficient (Wildman–Crippen LogP) is 6.09. The van der Waals surface area contributed by atoms with Crippen molar-refractivity contribution >= 4 is 5.97 Å². The van der Waals surface area contributed by atoms with E-state index in [-0.39, 0.29) is 11.6 Å². The molecule has 2 N–H and O–H groups in total. The molecule has 0 radical (unpaired) electrons. The molecule has 0 saturated carbocycles. The molecule has 1 atom stereocenters. The van der Waals surface area contributed by atoms with Crippen LogP contribution in [0.25, 0.3) is 0 Å². The molecular formula is C30H30N2O5. The second kappa shape index (κ2) is 12.0. The molecule has 0 saturated heterocycles. The van der Waals surface area contributed by atoms with Crippen LogP contribution >= 0.6 is 0 Å². The summed E-state index contributed by atoms with van der Waals surface area (Å²) in [6.07, 6.45) is 3.27. The van der Waals surface area contributed by atoms with Crippen molar-refractivity contribution in [3.8, 4) is 29.1 Å². The summed E-state index contributed by atoms with van der Waals surface area (Å²) in [6, 6.07) is 21.8. The number of ether oxygens (including phenoxy) is 4. The molecule has 0 bridgehead atoms. The minimum Gasteiger partial charge on any atom is -0.494 e. The number of nitriles is 1. The summed E-state index contributed by atoms with van der Waals surface area (Å²) in [5.74, 6) is 0.983. The smallest absolute Gasteiger partial charge is 0.347 e. The van der Waals surface area contributed by atoms with Gasteiger partial charge in [-0.1, -0.05) is 50.1 Å². The van der Waals surface area contributed by atoms with Crippen molar-refractivity contribution in [2.45, 2.75) is 39.0 Å². The van der Waals surface area contributed by atoms with Crippen molar-refractivity contribution in [2.24, 2.45) is 5.73 Å². The minimum absolute atomic E-state index is 0.0186. The van der Waals surface area contributed by atoms with E-state index < -0.39 is 11.9 Å². The lowest BCUT2D eigenvalue weighted by atomic mass is 9.83. The fraction of sp³-hybridized carbons (Fsp3) is 0.267. The Hall–Kier alpha value is -4.44. The summed E-state index contributed by atoms with van der Waals surface area (Å²) >= 11 is 0. The second-order valence-corrected chi connectivity index (χ2v) is 8.57. The first-order valence-corrected chi connectivity index (χ1v) is 12.4. The van der Waals surface area contributed by atoms with E-state index in [1.807, 2.05) is 31.2 Å². The van der Waals surface area contributed by atoms with Crippen molar-refractivity contribution in [3.05, 3.63) is 94.9 Å². The Kier molecular flexibility index (Phi) is 8.32. The lowest BCUT2D eigenvalue weighted by Crippen LogP contribution is -2.21. The van der Waals surface area contributed by atoms with Gasteiger partial charge in [-0.05, 0) is 49.2 Å². The summed E-state index contributed by atoms with van der Waals surface area (Å²) in [5.41, 5.74) is 8.40. The van der Waals surface area contributed by atoms with Crippen molar-refractivity contribution in [1.82, 2.24) is 0 Å². The number of benzene rings is 3. The van der Waals surface area contributed by atoms with Gasteiger partial charge in [-0.3, -0.25) is 0 Å². The number of rotatable bonds is 10. The third kappa shape index (κ3) is 5.87. The Balaban J connectivity index is 1.58. The zero-order chi connectivity index (χ0) is 26.2. The highest BCUT2D eigenvalue weighted by Crippen LogP contribution is 2.43. The summed E-state index contributed by atoms with van der Waals surface area (Å²) in [7, 11) is 0. The van der Waals surface area contributed by atoms with E-state index in [9.17, 15) is 10.1 Å². The van der Waals surface area contributed by atoms with Gasteiger partial charge in [0.05, 0.1) is 19.1 Å². The molecule has 7 nitrogen and oxygen atoms in total. The number of allylic oxidation sites excluding steroid dienone is 1. The molecule has 4 rings (SSSR count). The van der Waals surface area contributed by atoms with Crippen LogP contribution in [0.1, 0.15) is 60.5 Å². The third-order valence-electron chi connectivity index (χ3n) is 6.04. The van der Waals surface area contributed by atoms with Crippen molar-refractivity contribution in [1.29, 1.82) is 5.26 Å². The van der Waals surface area contributed by atoms with E-state index in [2.05, 4.69) is 13.0 Å². The molecule has 1 aliphatic heterocycles. The average Bonchev–Trinajstić information content (AvgIpc) is 2.91. The zero-order valence-corrected chi connectivity index (χ0v) is 21.0. The van der Waals surface area contributed by atoms with E-state index in [4.69, 9.17) is 24.7 Å². The molecule has 1 heterocycles. The van der Waals surface area contributed by atoms with Gasteiger partial charge in [0.25, 0.3) is 0 Å². The van der Waals surface area contributed by atoms with Crippen LogP contribution in [0.3, 0.4) is 0 Å². The van der Waals surface area contributed by atoms with E-state index in [1.165, 1.54) is 0 Å². The highest BCUT2D eigenvalue weighted by Gasteiger charge is 2.31. The monoisotopic (exact) mass is 498 g/mol. The van der Waals surface area contributed by atoms with Gasteiger partial charge in [0.1, 0.15) is 40.2 Å². The normalized spacial score (nSPS) is 14.2. The van der Waals surface area contributed by atoms with Crippen LogP contribution in [0.2, 0.25) is 0 Å². The van der Waals surface area contributed by atoms with Crippen LogP contribution in [0.15, 0.2) is 78.2 Å². The maximum absolute atomic E-state index is 12.8. The Labute approximate surface area is 217 Å². The molecule has 7 heteroatoms. The van der Waals surface area contributed by atoms with E-state index in [0.29, 0.717) is 35.8 Å². The Bertz CT molecular complexity index is 1320. The maximum atomic E-state index is 12.8. The SMILES string of the molecule is CCCCCOc1ccc(C2C(C#N)=C(N)Oc3cc(OC(=O)c4ccccc4OCC)ccc32)cc1. The molecule has 1 unspecified atom stereocenters. The molecule has 3 aromatic carbocycles. The number of nitrogens with zero attached hydrogens (tertiary/aromatic N) is 1. The number of hydrogen-bond donors (Lipinski definition) is 1. The molecule has 0 aliphatic carbocycles. The van der Waals surface area contributed by atoms with Crippen LogP contribution < -0.4 is 24.7 Å². The molecule has 37 heavy (non-hydrogen) atoms. The van der Waals surface area contributed by atoms with Gasteiger partial charge in [-0.15, -0.1) is 0 Å². The largest absolute Gasteiger partial charge is 0.494 e. The molecule has 190 valence electrons. The molecule has 1 aliphatic rings. The van der Waals surface area contributed by atoms with Crippen LogP contribution in [0, 0.1) is 11.3 Å². The van der Waals surface area contributed by atoms with Crippen molar-refractivity contribution in [2.75, 3.05) is 13.2 Å².